The monoisotopic (exact) mass is 360 g/mol. The Labute approximate surface area is 145 Å². The topological polar surface area (TPSA) is 110 Å². The number of primary amides is 1. The van der Waals surface area contributed by atoms with Gasteiger partial charge in [-0.05, 0) is 32.5 Å². The third-order valence-corrected chi connectivity index (χ3v) is 2.95. The van der Waals surface area contributed by atoms with Gasteiger partial charge in [-0.3, -0.25) is 13.5 Å². The van der Waals surface area contributed by atoms with Crippen molar-refractivity contribution in [3.8, 4) is 0 Å². The Hall–Kier alpha value is -1.74. The molecule has 0 saturated heterocycles. The normalized spacial score (nSPS) is 10.1. The summed E-state index contributed by atoms with van der Waals surface area (Å²) >= 11 is 0. The minimum absolute atomic E-state index is 0.398. The average molecular weight is 360 g/mol. The summed E-state index contributed by atoms with van der Waals surface area (Å²) < 4.78 is 29.7. The van der Waals surface area contributed by atoms with Crippen LogP contribution in [-0.4, -0.2) is 44.5 Å². The van der Waals surface area contributed by atoms with Gasteiger partial charge >= 0.3 is 10.4 Å². The fraction of sp³-hybridized carbons (Fsp3) is 0.438. The van der Waals surface area contributed by atoms with Gasteiger partial charge in [-0.15, -0.1) is 0 Å². The molecular formula is C16H28N2O5S. The number of hydrogen-bond donors (Lipinski definition) is 2. The van der Waals surface area contributed by atoms with E-state index in [2.05, 4.69) is 60.0 Å². The number of hydrogen-bond acceptors (Lipinski definition) is 5. The van der Waals surface area contributed by atoms with Crippen molar-refractivity contribution in [1.29, 1.82) is 0 Å². The van der Waals surface area contributed by atoms with Crippen molar-refractivity contribution in [2.75, 3.05) is 20.7 Å². The molecule has 1 aromatic rings. The summed E-state index contributed by atoms with van der Waals surface area (Å²) in [4.78, 5) is 12.2. The molecule has 0 aliphatic rings. The van der Waals surface area contributed by atoms with Crippen LogP contribution < -0.4 is 5.73 Å². The van der Waals surface area contributed by atoms with E-state index in [-0.39, 0.29) is 0 Å². The molecular weight excluding hydrogens is 332 g/mol. The molecule has 0 aliphatic carbocycles. The SMILES string of the molecule is C=C(C)C(N)=O.CCCN(C)Cc1ccccc1.COS(=O)(=O)O. The van der Waals surface area contributed by atoms with Gasteiger partial charge in [0.25, 0.3) is 0 Å². The molecule has 0 spiro atoms. The van der Waals surface area contributed by atoms with Crippen LogP contribution >= 0.6 is 0 Å². The number of benzene rings is 1. The molecule has 1 aromatic carbocycles. The minimum Gasteiger partial charge on any atom is -0.366 e. The summed E-state index contributed by atoms with van der Waals surface area (Å²) in [5.74, 6) is -0.435. The number of nitrogens with zero attached hydrogens (tertiary/aromatic N) is 1. The van der Waals surface area contributed by atoms with Gasteiger partial charge in [0, 0.05) is 12.1 Å². The van der Waals surface area contributed by atoms with Crippen LogP contribution in [0.2, 0.25) is 0 Å². The molecule has 138 valence electrons. The largest absolute Gasteiger partial charge is 0.397 e. The highest BCUT2D eigenvalue weighted by atomic mass is 32.3. The van der Waals surface area contributed by atoms with E-state index in [0.29, 0.717) is 5.57 Å². The van der Waals surface area contributed by atoms with Gasteiger partial charge in [0.1, 0.15) is 0 Å². The maximum absolute atomic E-state index is 9.82. The molecule has 0 heterocycles. The first-order chi connectivity index (χ1) is 11.0. The third kappa shape index (κ3) is 18.3. The fourth-order valence-corrected chi connectivity index (χ4v) is 1.36. The second-order valence-corrected chi connectivity index (χ2v) is 6.15. The van der Waals surface area contributed by atoms with E-state index in [4.69, 9.17) is 10.3 Å². The van der Waals surface area contributed by atoms with Gasteiger partial charge in [0.05, 0.1) is 7.11 Å². The Morgan fingerprint density at radius 3 is 2.04 bits per heavy atom. The highest BCUT2D eigenvalue weighted by Gasteiger charge is 1.96. The molecule has 1 amide bonds. The van der Waals surface area contributed by atoms with E-state index in [0.717, 1.165) is 13.7 Å². The van der Waals surface area contributed by atoms with Gasteiger partial charge in [-0.2, -0.15) is 8.42 Å². The number of amides is 1. The molecule has 7 nitrogen and oxygen atoms in total. The zero-order valence-corrected chi connectivity index (χ0v) is 15.5. The molecule has 0 unspecified atom stereocenters. The molecule has 0 aliphatic heterocycles. The first-order valence-corrected chi connectivity index (χ1v) is 8.60. The molecule has 24 heavy (non-hydrogen) atoms. The third-order valence-electron chi connectivity index (χ3n) is 2.53. The van der Waals surface area contributed by atoms with E-state index >= 15 is 0 Å². The number of carbonyl (C=O) groups excluding carboxylic acids is 1. The molecule has 0 atom stereocenters. The van der Waals surface area contributed by atoms with Crippen LogP contribution in [0, 0.1) is 0 Å². The molecule has 0 saturated carbocycles. The van der Waals surface area contributed by atoms with Crippen molar-refractivity contribution in [1.82, 2.24) is 4.90 Å². The maximum atomic E-state index is 9.82. The summed E-state index contributed by atoms with van der Waals surface area (Å²) in [5.41, 5.74) is 6.49. The summed E-state index contributed by atoms with van der Waals surface area (Å²) in [7, 11) is -1.13. The van der Waals surface area contributed by atoms with Gasteiger partial charge < -0.3 is 10.6 Å². The van der Waals surface area contributed by atoms with Crippen molar-refractivity contribution in [3.63, 3.8) is 0 Å². The lowest BCUT2D eigenvalue weighted by Gasteiger charge is -2.14. The van der Waals surface area contributed by atoms with Crippen molar-refractivity contribution < 1.29 is 21.9 Å². The van der Waals surface area contributed by atoms with Crippen LogP contribution in [0.3, 0.4) is 0 Å². The first kappa shape index (κ1) is 24.5. The van der Waals surface area contributed by atoms with Crippen LogP contribution in [-0.2, 0) is 25.9 Å². The number of carbonyl (C=O) groups is 1. The lowest BCUT2D eigenvalue weighted by molar-refractivity contribution is -0.114. The van der Waals surface area contributed by atoms with Crippen LogP contribution in [0.15, 0.2) is 42.5 Å². The second kappa shape index (κ2) is 13.7. The van der Waals surface area contributed by atoms with Gasteiger partial charge in [0.2, 0.25) is 5.91 Å². The Bertz CT molecular complexity index is 561. The van der Waals surface area contributed by atoms with E-state index in [9.17, 15) is 13.2 Å². The molecule has 0 aromatic heterocycles. The summed E-state index contributed by atoms with van der Waals surface area (Å²) in [6, 6.07) is 10.6. The lowest BCUT2D eigenvalue weighted by Crippen LogP contribution is -2.18. The molecule has 0 bridgehead atoms. The highest BCUT2D eigenvalue weighted by molar-refractivity contribution is 7.80. The van der Waals surface area contributed by atoms with E-state index in [1.807, 2.05) is 0 Å². The zero-order chi connectivity index (χ0) is 19.2. The van der Waals surface area contributed by atoms with Crippen molar-refractivity contribution in [2.24, 2.45) is 5.73 Å². The molecule has 3 N–H and O–H groups in total. The predicted molar refractivity (Wildman–Crippen MR) is 95.6 cm³/mol. The minimum atomic E-state index is -4.16. The fourth-order valence-electron chi connectivity index (χ4n) is 1.36. The summed E-state index contributed by atoms with van der Waals surface area (Å²) in [6.07, 6.45) is 1.23. The summed E-state index contributed by atoms with van der Waals surface area (Å²) in [6.45, 7) is 9.30. The predicted octanol–water partition coefficient (Wildman–Crippen LogP) is 2.01. The first-order valence-electron chi connectivity index (χ1n) is 7.24. The van der Waals surface area contributed by atoms with Crippen molar-refractivity contribution in [3.05, 3.63) is 48.0 Å². The lowest BCUT2D eigenvalue weighted by atomic mass is 10.2. The molecule has 0 radical (unpaired) electrons. The zero-order valence-electron chi connectivity index (χ0n) is 14.7. The number of nitrogens with two attached hydrogens (primary N) is 1. The smallest absolute Gasteiger partial charge is 0.366 e. The molecule has 0 fully saturated rings. The Morgan fingerprint density at radius 1 is 1.33 bits per heavy atom. The Morgan fingerprint density at radius 2 is 1.75 bits per heavy atom. The molecule has 1 rings (SSSR count). The van der Waals surface area contributed by atoms with Crippen LogP contribution in [0.5, 0.6) is 0 Å². The molecule has 8 heteroatoms. The van der Waals surface area contributed by atoms with E-state index in [1.54, 1.807) is 6.92 Å². The van der Waals surface area contributed by atoms with Crippen LogP contribution in [0.4, 0.5) is 0 Å². The van der Waals surface area contributed by atoms with Crippen molar-refractivity contribution in [2.45, 2.75) is 26.8 Å². The quantitative estimate of drug-likeness (QED) is 0.593. The van der Waals surface area contributed by atoms with Crippen molar-refractivity contribution >= 4 is 16.3 Å². The Kier molecular flexibility index (Phi) is 14.0. The van der Waals surface area contributed by atoms with Crippen LogP contribution in [0.25, 0.3) is 0 Å². The van der Waals surface area contributed by atoms with E-state index < -0.39 is 16.3 Å². The number of rotatable bonds is 6. The van der Waals surface area contributed by atoms with Gasteiger partial charge in [-0.1, -0.05) is 43.8 Å². The summed E-state index contributed by atoms with van der Waals surface area (Å²) in [5, 5.41) is 0. The highest BCUT2D eigenvalue weighted by Crippen LogP contribution is 2.02. The standard InChI is InChI=1S/C11H17N.C4H7NO.CH4O4S/c1-3-9-12(2)10-11-7-5-4-6-8-11;1-3(2)4(5)6;1-5-6(2,3)4/h4-8H,3,9-10H2,1-2H3;1H2,2H3,(H2,5,6);1H3,(H,2,3,4). The Balaban J connectivity index is 0. The van der Waals surface area contributed by atoms with E-state index in [1.165, 1.54) is 18.5 Å². The second-order valence-electron chi connectivity index (χ2n) is 4.96. The van der Waals surface area contributed by atoms with Gasteiger partial charge in [0.15, 0.2) is 0 Å². The maximum Gasteiger partial charge on any atom is 0.397 e. The van der Waals surface area contributed by atoms with Gasteiger partial charge in [-0.25, -0.2) is 0 Å². The average Bonchev–Trinajstić information content (AvgIpc) is 2.49. The van der Waals surface area contributed by atoms with Crippen LogP contribution in [0.1, 0.15) is 25.8 Å².